The first-order valence-corrected chi connectivity index (χ1v) is 10.8. The number of hydrogen-bond acceptors (Lipinski definition) is 6. The number of carbonyl (C=O) groups is 2. The maximum atomic E-state index is 13.1. The van der Waals surface area contributed by atoms with Gasteiger partial charge in [-0.25, -0.2) is 9.78 Å². The molecule has 1 aliphatic rings. The Balaban J connectivity index is 1.82. The van der Waals surface area contributed by atoms with Crippen LogP contribution < -0.4 is 14.8 Å². The number of methoxy groups -OCH3 is 2. The molecule has 4 rings (SSSR count). The number of aromatic nitrogens is 1. The first-order chi connectivity index (χ1) is 16.0. The van der Waals surface area contributed by atoms with E-state index >= 15 is 0 Å². The highest BCUT2D eigenvalue weighted by Gasteiger charge is 2.26. The summed E-state index contributed by atoms with van der Waals surface area (Å²) < 4.78 is 16.1. The Morgan fingerprint density at radius 1 is 1.06 bits per heavy atom. The van der Waals surface area contributed by atoms with Crippen molar-refractivity contribution in [3.8, 4) is 11.5 Å². The van der Waals surface area contributed by atoms with Crippen LogP contribution in [0, 0.1) is 0 Å². The van der Waals surface area contributed by atoms with E-state index in [1.165, 1.54) is 7.05 Å². The predicted octanol–water partition coefficient (Wildman–Crippen LogP) is 4.03. The average molecular weight is 447 g/mol. The van der Waals surface area contributed by atoms with Crippen molar-refractivity contribution < 1.29 is 23.8 Å². The van der Waals surface area contributed by atoms with Gasteiger partial charge < -0.3 is 19.5 Å². The van der Waals surface area contributed by atoms with E-state index in [1.807, 2.05) is 42.5 Å². The van der Waals surface area contributed by atoms with E-state index in [0.29, 0.717) is 29.0 Å². The lowest BCUT2D eigenvalue weighted by molar-refractivity contribution is -0.123. The van der Waals surface area contributed by atoms with Crippen LogP contribution in [0.25, 0.3) is 22.6 Å². The lowest BCUT2D eigenvalue weighted by Gasteiger charge is -2.22. The molecule has 1 amide bonds. The first kappa shape index (κ1) is 22.3. The minimum Gasteiger partial charge on any atom is -0.493 e. The van der Waals surface area contributed by atoms with Crippen molar-refractivity contribution in [3.63, 3.8) is 0 Å². The fourth-order valence-corrected chi connectivity index (χ4v) is 4.13. The van der Waals surface area contributed by atoms with Gasteiger partial charge in [0.05, 0.1) is 31.0 Å². The summed E-state index contributed by atoms with van der Waals surface area (Å²) in [7, 11) is 4.72. The summed E-state index contributed by atoms with van der Waals surface area (Å²) in [5, 5.41) is 3.19. The molecule has 33 heavy (non-hydrogen) atoms. The lowest BCUT2D eigenvalue weighted by Crippen LogP contribution is -2.26. The zero-order chi connectivity index (χ0) is 23.4. The smallest absolute Gasteiger partial charge is 0.339 e. The predicted molar refractivity (Wildman–Crippen MR) is 126 cm³/mol. The Bertz CT molecular complexity index is 1250. The van der Waals surface area contributed by atoms with Crippen molar-refractivity contribution in [2.45, 2.75) is 19.3 Å². The number of amides is 1. The molecule has 0 atom stereocenters. The zero-order valence-electron chi connectivity index (χ0n) is 18.9. The summed E-state index contributed by atoms with van der Waals surface area (Å²) in [4.78, 5) is 29.6. The Labute approximate surface area is 192 Å². The second-order valence-electron chi connectivity index (χ2n) is 7.72. The molecule has 1 N–H and O–H groups in total. The highest BCUT2D eigenvalue weighted by Crippen LogP contribution is 2.37. The summed E-state index contributed by atoms with van der Waals surface area (Å²) in [6.45, 7) is -0.324. The molecule has 1 heterocycles. The molecule has 0 radical (unpaired) electrons. The number of rotatable bonds is 6. The van der Waals surface area contributed by atoms with Crippen molar-refractivity contribution in [2.24, 2.45) is 0 Å². The van der Waals surface area contributed by atoms with Gasteiger partial charge in [-0.1, -0.05) is 24.3 Å². The number of hydrogen-bond donors (Lipinski definition) is 1. The topological polar surface area (TPSA) is 86.8 Å². The Morgan fingerprint density at radius 3 is 2.61 bits per heavy atom. The molecule has 1 aromatic heterocycles. The minimum atomic E-state index is -0.513. The van der Waals surface area contributed by atoms with Gasteiger partial charge in [0.1, 0.15) is 0 Å². The van der Waals surface area contributed by atoms with E-state index < -0.39 is 5.97 Å². The number of esters is 1. The third-order valence-corrected chi connectivity index (χ3v) is 5.74. The summed E-state index contributed by atoms with van der Waals surface area (Å²) in [5.41, 5.74) is 4.83. The van der Waals surface area contributed by atoms with Gasteiger partial charge in [0.2, 0.25) is 0 Å². The molecular formula is C26H26N2O5. The van der Waals surface area contributed by atoms with Crippen LogP contribution in [0.5, 0.6) is 11.5 Å². The standard InChI is InChI=1S/C26H26N2O5/c1-27-23(29)15-33-26(30)24-18-8-4-5-10-20(18)28-25-17(7-6-9-19(24)25)13-16-11-12-21(31-2)22(14-16)32-3/h4-5,8,10-14H,6-7,9,15H2,1-3H3,(H,27,29)/b17-13-. The van der Waals surface area contributed by atoms with Crippen LogP contribution in [-0.2, 0) is 16.0 Å². The number of pyridine rings is 1. The van der Waals surface area contributed by atoms with E-state index in [0.717, 1.165) is 40.6 Å². The van der Waals surface area contributed by atoms with Gasteiger partial charge in [-0.05, 0) is 60.2 Å². The largest absolute Gasteiger partial charge is 0.493 e. The normalized spacial score (nSPS) is 14.0. The number of ether oxygens (including phenoxy) is 3. The zero-order valence-corrected chi connectivity index (χ0v) is 18.9. The van der Waals surface area contributed by atoms with Gasteiger partial charge in [0, 0.05) is 12.4 Å². The molecule has 0 saturated heterocycles. The molecule has 3 aromatic rings. The fourth-order valence-electron chi connectivity index (χ4n) is 4.13. The summed E-state index contributed by atoms with van der Waals surface area (Å²) in [6.07, 6.45) is 4.49. The lowest BCUT2D eigenvalue weighted by atomic mass is 9.86. The summed E-state index contributed by atoms with van der Waals surface area (Å²) >= 11 is 0. The number of nitrogens with one attached hydrogen (secondary N) is 1. The molecule has 2 aromatic carbocycles. The number of fused-ring (bicyclic) bond motifs is 2. The number of para-hydroxylation sites is 1. The molecule has 7 nitrogen and oxygen atoms in total. The molecule has 7 heteroatoms. The molecule has 0 bridgehead atoms. The van der Waals surface area contributed by atoms with Crippen molar-refractivity contribution in [3.05, 3.63) is 64.8 Å². The fraction of sp³-hybridized carbons (Fsp3) is 0.269. The van der Waals surface area contributed by atoms with Crippen molar-refractivity contribution in [1.82, 2.24) is 10.3 Å². The van der Waals surface area contributed by atoms with Crippen molar-refractivity contribution in [1.29, 1.82) is 0 Å². The molecule has 0 aliphatic heterocycles. The van der Waals surface area contributed by atoms with Gasteiger partial charge >= 0.3 is 5.97 Å². The second-order valence-corrected chi connectivity index (χ2v) is 7.72. The quantitative estimate of drug-likeness (QED) is 0.576. The van der Waals surface area contributed by atoms with E-state index in [-0.39, 0.29) is 12.5 Å². The molecular weight excluding hydrogens is 420 g/mol. The number of benzene rings is 2. The molecule has 0 unspecified atom stereocenters. The third-order valence-electron chi connectivity index (χ3n) is 5.74. The van der Waals surface area contributed by atoms with Gasteiger partial charge in [0.15, 0.2) is 18.1 Å². The highest BCUT2D eigenvalue weighted by molar-refractivity contribution is 6.07. The molecule has 0 fully saturated rings. The van der Waals surface area contributed by atoms with Gasteiger partial charge in [-0.15, -0.1) is 0 Å². The van der Waals surface area contributed by atoms with E-state index in [9.17, 15) is 9.59 Å². The average Bonchev–Trinajstić information content (AvgIpc) is 2.85. The van der Waals surface area contributed by atoms with Crippen LogP contribution in [-0.4, -0.2) is 44.7 Å². The van der Waals surface area contributed by atoms with Crippen molar-refractivity contribution >= 4 is 34.4 Å². The number of nitrogens with zero attached hydrogens (tertiary/aromatic N) is 1. The maximum absolute atomic E-state index is 13.1. The van der Waals surface area contributed by atoms with E-state index in [4.69, 9.17) is 19.2 Å². The number of carbonyl (C=O) groups excluding carboxylic acids is 2. The molecule has 170 valence electrons. The Kier molecular flexibility index (Phi) is 6.58. The SMILES string of the molecule is CNC(=O)COC(=O)c1c2c(nc3ccccc13)/C(=C\c1ccc(OC)c(OC)c1)CCC2. The number of allylic oxidation sites excluding steroid dienone is 1. The van der Waals surface area contributed by atoms with Crippen LogP contribution in [0.2, 0.25) is 0 Å². The van der Waals surface area contributed by atoms with Gasteiger partial charge in [-0.2, -0.15) is 0 Å². The summed E-state index contributed by atoms with van der Waals surface area (Å²) in [6, 6.07) is 13.3. The Morgan fingerprint density at radius 2 is 1.85 bits per heavy atom. The maximum Gasteiger partial charge on any atom is 0.339 e. The van der Waals surface area contributed by atoms with Crippen LogP contribution in [0.1, 0.15) is 40.0 Å². The van der Waals surface area contributed by atoms with Gasteiger partial charge in [-0.3, -0.25) is 4.79 Å². The first-order valence-electron chi connectivity index (χ1n) is 10.8. The molecule has 0 spiro atoms. The van der Waals surface area contributed by atoms with E-state index in [1.54, 1.807) is 14.2 Å². The van der Waals surface area contributed by atoms with Crippen LogP contribution in [0.4, 0.5) is 0 Å². The molecule has 1 aliphatic carbocycles. The number of likely N-dealkylation sites (N-methyl/N-ethyl adjacent to an activating group) is 1. The van der Waals surface area contributed by atoms with Crippen LogP contribution in [0.3, 0.4) is 0 Å². The Hall–Kier alpha value is -3.87. The van der Waals surface area contributed by atoms with Gasteiger partial charge in [0.25, 0.3) is 5.91 Å². The van der Waals surface area contributed by atoms with Crippen LogP contribution in [0.15, 0.2) is 42.5 Å². The minimum absolute atomic E-state index is 0.324. The highest BCUT2D eigenvalue weighted by atomic mass is 16.5. The monoisotopic (exact) mass is 446 g/mol. The third kappa shape index (κ3) is 4.53. The second kappa shape index (κ2) is 9.73. The van der Waals surface area contributed by atoms with Crippen LogP contribution >= 0.6 is 0 Å². The molecule has 0 saturated carbocycles. The van der Waals surface area contributed by atoms with Crippen molar-refractivity contribution in [2.75, 3.05) is 27.9 Å². The summed E-state index contributed by atoms with van der Waals surface area (Å²) in [5.74, 6) is 0.437. The van der Waals surface area contributed by atoms with E-state index in [2.05, 4.69) is 11.4 Å².